The van der Waals surface area contributed by atoms with E-state index >= 15 is 0 Å². The topological polar surface area (TPSA) is 52.5 Å². The number of benzene rings is 1. The Kier molecular flexibility index (Phi) is 4.70. The molecule has 106 valence electrons. The van der Waals surface area contributed by atoms with Gasteiger partial charge in [0.1, 0.15) is 11.5 Å². The predicted octanol–water partition coefficient (Wildman–Crippen LogP) is 3.72. The molecule has 0 aromatic heterocycles. The molecule has 0 bridgehead atoms. The smallest absolute Gasteiger partial charge is 0.124 e. The van der Waals surface area contributed by atoms with Crippen molar-refractivity contribution >= 4 is 0 Å². The SMILES string of the molecule is CC(N[C@H](C)C1CCCCC1)c1ccc(O)cc1O. The molecule has 3 N–H and O–H groups in total. The zero-order valence-electron chi connectivity index (χ0n) is 11.9. The summed E-state index contributed by atoms with van der Waals surface area (Å²) < 4.78 is 0. The van der Waals surface area contributed by atoms with Crippen molar-refractivity contribution in [3.8, 4) is 11.5 Å². The van der Waals surface area contributed by atoms with Crippen molar-refractivity contribution in [1.29, 1.82) is 0 Å². The largest absolute Gasteiger partial charge is 0.508 e. The van der Waals surface area contributed by atoms with E-state index in [0.29, 0.717) is 6.04 Å². The fourth-order valence-electron chi connectivity index (χ4n) is 3.15. The molecule has 1 saturated carbocycles. The Hall–Kier alpha value is -1.22. The third-order valence-electron chi connectivity index (χ3n) is 4.35. The highest BCUT2D eigenvalue weighted by Crippen LogP contribution is 2.31. The average Bonchev–Trinajstić information content (AvgIpc) is 2.39. The van der Waals surface area contributed by atoms with Crippen LogP contribution < -0.4 is 5.32 Å². The predicted molar refractivity (Wildman–Crippen MR) is 77.4 cm³/mol. The molecule has 0 heterocycles. The van der Waals surface area contributed by atoms with Crippen molar-refractivity contribution in [2.75, 3.05) is 0 Å². The monoisotopic (exact) mass is 263 g/mol. The van der Waals surface area contributed by atoms with Crippen LogP contribution in [-0.2, 0) is 0 Å². The molecule has 3 heteroatoms. The number of nitrogens with one attached hydrogen (secondary N) is 1. The number of rotatable bonds is 4. The van der Waals surface area contributed by atoms with Crippen molar-refractivity contribution in [3.05, 3.63) is 23.8 Å². The maximum atomic E-state index is 9.88. The van der Waals surface area contributed by atoms with Gasteiger partial charge in [-0.3, -0.25) is 0 Å². The number of phenolic OH excluding ortho intramolecular Hbond substituents is 2. The van der Waals surface area contributed by atoms with Crippen molar-refractivity contribution < 1.29 is 10.2 Å². The van der Waals surface area contributed by atoms with E-state index in [0.717, 1.165) is 11.5 Å². The van der Waals surface area contributed by atoms with Crippen LogP contribution in [0.1, 0.15) is 57.6 Å². The van der Waals surface area contributed by atoms with Crippen molar-refractivity contribution in [2.45, 2.75) is 58.0 Å². The van der Waals surface area contributed by atoms with Crippen LogP contribution in [0.5, 0.6) is 11.5 Å². The second kappa shape index (κ2) is 6.29. The second-order valence-electron chi connectivity index (χ2n) is 5.82. The fraction of sp³-hybridized carbons (Fsp3) is 0.625. The van der Waals surface area contributed by atoms with Gasteiger partial charge in [0, 0.05) is 23.7 Å². The van der Waals surface area contributed by atoms with Crippen LogP contribution in [0.3, 0.4) is 0 Å². The first-order valence-electron chi connectivity index (χ1n) is 7.36. The zero-order valence-corrected chi connectivity index (χ0v) is 11.9. The number of hydrogen-bond acceptors (Lipinski definition) is 3. The number of hydrogen-bond donors (Lipinski definition) is 3. The maximum Gasteiger partial charge on any atom is 0.124 e. The number of aromatic hydroxyl groups is 2. The third-order valence-corrected chi connectivity index (χ3v) is 4.35. The summed E-state index contributed by atoms with van der Waals surface area (Å²) in [4.78, 5) is 0. The van der Waals surface area contributed by atoms with Crippen LogP contribution in [-0.4, -0.2) is 16.3 Å². The molecule has 0 amide bonds. The van der Waals surface area contributed by atoms with Crippen LogP contribution >= 0.6 is 0 Å². The lowest BCUT2D eigenvalue weighted by atomic mass is 9.84. The van der Waals surface area contributed by atoms with Gasteiger partial charge >= 0.3 is 0 Å². The molecule has 1 aromatic carbocycles. The standard InChI is InChI=1S/C16H25NO2/c1-11(13-6-4-3-5-7-13)17-12(2)15-9-8-14(18)10-16(15)19/h8-13,17-19H,3-7H2,1-2H3/t11-,12?/m1/s1. The minimum atomic E-state index is 0.0949. The van der Waals surface area contributed by atoms with Gasteiger partial charge in [-0.25, -0.2) is 0 Å². The molecule has 0 saturated heterocycles. The van der Waals surface area contributed by atoms with E-state index in [1.165, 1.54) is 38.2 Å². The summed E-state index contributed by atoms with van der Waals surface area (Å²) >= 11 is 0. The third kappa shape index (κ3) is 3.63. The van der Waals surface area contributed by atoms with E-state index in [1.807, 2.05) is 0 Å². The Morgan fingerprint density at radius 1 is 1.11 bits per heavy atom. The Balaban J connectivity index is 1.97. The Morgan fingerprint density at radius 3 is 2.42 bits per heavy atom. The first-order valence-corrected chi connectivity index (χ1v) is 7.36. The van der Waals surface area contributed by atoms with Gasteiger partial charge in [0.05, 0.1) is 0 Å². The van der Waals surface area contributed by atoms with Gasteiger partial charge in [-0.05, 0) is 38.7 Å². The van der Waals surface area contributed by atoms with Gasteiger partial charge in [0.15, 0.2) is 0 Å². The van der Waals surface area contributed by atoms with Gasteiger partial charge in [-0.1, -0.05) is 25.3 Å². The van der Waals surface area contributed by atoms with Crippen molar-refractivity contribution in [1.82, 2.24) is 5.32 Å². The molecule has 1 fully saturated rings. The molecule has 1 aliphatic carbocycles. The van der Waals surface area contributed by atoms with E-state index in [-0.39, 0.29) is 17.5 Å². The lowest BCUT2D eigenvalue weighted by molar-refractivity contribution is 0.267. The maximum absolute atomic E-state index is 9.88. The van der Waals surface area contributed by atoms with Crippen LogP contribution in [0, 0.1) is 5.92 Å². The summed E-state index contributed by atoms with van der Waals surface area (Å²) in [5, 5.41) is 22.8. The quantitative estimate of drug-likeness (QED) is 0.776. The van der Waals surface area contributed by atoms with Crippen LogP contribution in [0.2, 0.25) is 0 Å². The summed E-state index contributed by atoms with van der Waals surface area (Å²) in [6.45, 7) is 4.30. The molecular weight excluding hydrogens is 238 g/mol. The normalized spacial score (nSPS) is 20.1. The molecule has 3 nitrogen and oxygen atoms in total. The highest BCUT2D eigenvalue weighted by Gasteiger charge is 2.22. The molecule has 1 aromatic rings. The van der Waals surface area contributed by atoms with Gasteiger partial charge in [-0.15, -0.1) is 0 Å². The summed E-state index contributed by atoms with van der Waals surface area (Å²) in [5.74, 6) is 1.01. The zero-order chi connectivity index (χ0) is 13.8. The molecule has 2 rings (SSSR count). The average molecular weight is 263 g/mol. The summed E-state index contributed by atoms with van der Waals surface area (Å²) in [5.41, 5.74) is 0.848. The van der Waals surface area contributed by atoms with E-state index in [4.69, 9.17) is 0 Å². The van der Waals surface area contributed by atoms with E-state index in [9.17, 15) is 10.2 Å². The van der Waals surface area contributed by atoms with Crippen LogP contribution in [0.25, 0.3) is 0 Å². The fourth-order valence-corrected chi connectivity index (χ4v) is 3.15. The molecule has 0 spiro atoms. The highest BCUT2D eigenvalue weighted by atomic mass is 16.3. The lowest BCUT2D eigenvalue weighted by Crippen LogP contribution is -2.36. The van der Waals surface area contributed by atoms with Crippen molar-refractivity contribution in [3.63, 3.8) is 0 Å². The van der Waals surface area contributed by atoms with E-state index in [1.54, 1.807) is 12.1 Å². The van der Waals surface area contributed by atoms with Crippen molar-refractivity contribution in [2.24, 2.45) is 5.92 Å². The summed E-state index contributed by atoms with van der Waals surface area (Å²) in [6, 6.07) is 5.37. The van der Waals surface area contributed by atoms with Crippen LogP contribution in [0.15, 0.2) is 18.2 Å². The van der Waals surface area contributed by atoms with Gasteiger partial charge in [0.2, 0.25) is 0 Å². The molecular formula is C16H25NO2. The van der Waals surface area contributed by atoms with Crippen LogP contribution in [0.4, 0.5) is 0 Å². The summed E-state index contributed by atoms with van der Waals surface area (Å²) in [7, 11) is 0. The molecule has 0 radical (unpaired) electrons. The Morgan fingerprint density at radius 2 is 1.79 bits per heavy atom. The van der Waals surface area contributed by atoms with Gasteiger partial charge in [0.25, 0.3) is 0 Å². The minimum Gasteiger partial charge on any atom is -0.508 e. The lowest BCUT2D eigenvalue weighted by Gasteiger charge is -2.31. The van der Waals surface area contributed by atoms with E-state index in [2.05, 4.69) is 19.2 Å². The molecule has 2 atom stereocenters. The molecule has 1 unspecified atom stereocenters. The Labute approximate surface area is 115 Å². The van der Waals surface area contributed by atoms with Gasteiger partial charge in [-0.2, -0.15) is 0 Å². The first-order chi connectivity index (χ1) is 9.08. The van der Waals surface area contributed by atoms with E-state index < -0.39 is 0 Å². The molecule has 19 heavy (non-hydrogen) atoms. The Bertz CT molecular complexity index is 413. The minimum absolute atomic E-state index is 0.0949. The number of phenols is 2. The second-order valence-corrected chi connectivity index (χ2v) is 5.82. The molecule has 1 aliphatic rings. The summed E-state index contributed by atoms with van der Waals surface area (Å²) in [6.07, 6.45) is 6.67. The highest BCUT2D eigenvalue weighted by molar-refractivity contribution is 5.40. The molecule has 0 aliphatic heterocycles. The first kappa shape index (κ1) is 14.2. The van der Waals surface area contributed by atoms with Gasteiger partial charge < -0.3 is 15.5 Å².